The van der Waals surface area contributed by atoms with Crippen molar-refractivity contribution in [1.29, 1.82) is 0 Å². The van der Waals surface area contributed by atoms with Gasteiger partial charge in [0.2, 0.25) is 5.69 Å². The van der Waals surface area contributed by atoms with Gasteiger partial charge in [-0.15, -0.1) is 0 Å². The van der Waals surface area contributed by atoms with Crippen LogP contribution in [-0.2, 0) is 7.05 Å². The second-order valence-electron chi connectivity index (χ2n) is 7.10. The summed E-state index contributed by atoms with van der Waals surface area (Å²) in [7, 11) is 2.13. The third kappa shape index (κ3) is 2.88. The number of hydrogen-bond donors (Lipinski definition) is 0. The molecular formula is C24H23N2+. The van der Waals surface area contributed by atoms with Gasteiger partial charge < -0.3 is 0 Å². The Hall–Kier alpha value is -3.00. The minimum atomic E-state index is 1.19. The molecule has 0 aliphatic rings. The largest absolute Gasteiger partial charge is 0.265 e. The molecule has 0 atom stereocenters. The maximum Gasteiger partial charge on any atom is 0.213 e. The fraction of sp³-hybridized carbons (Fsp3) is 0.167. The van der Waals surface area contributed by atoms with E-state index in [0.29, 0.717) is 0 Å². The van der Waals surface area contributed by atoms with E-state index in [1.54, 1.807) is 0 Å². The zero-order chi connectivity index (χ0) is 18.3. The van der Waals surface area contributed by atoms with Gasteiger partial charge in [0.15, 0.2) is 6.20 Å². The van der Waals surface area contributed by atoms with Gasteiger partial charge in [0.25, 0.3) is 0 Å². The zero-order valence-electron chi connectivity index (χ0n) is 15.7. The van der Waals surface area contributed by atoms with Crippen LogP contribution in [0.3, 0.4) is 0 Å². The summed E-state index contributed by atoms with van der Waals surface area (Å²) >= 11 is 0. The van der Waals surface area contributed by atoms with Crippen molar-refractivity contribution in [2.45, 2.75) is 20.8 Å². The molecule has 0 aliphatic heterocycles. The number of rotatable bonds is 2. The molecule has 0 saturated heterocycles. The predicted molar refractivity (Wildman–Crippen MR) is 108 cm³/mol. The molecule has 0 spiro atoms. The topological polar surface area (TPSA) is 16.8 Å². The van der Waals surface area contributed by atoms with Crippen LogP contribution in [0.25, 0.3) is 33.2 Å². The quantitative estimate of drug-likeness (QED) is 0.452. The smallest absolute Gasteiger partial charge is 0.213 e. The SMILES string of the molecule is Cc1cc(C)c(C)c(-c2cc3ccc(-c4ccncc4)cc3c[n+]2C)c1. The average molecular weight is 339 g/mol. The summed E-state index contributed by atoms with van der Waals surface area (Å²) in [5.41, 5.74) is 8.96. The first-order valence-corrected chi connectivity index (χ1v) is 8.95. The fourth-order valence-electron chi connectivity index (χ4n) is 3.64. The summed E-state index contributed by atoms with van der Waals surface area (Å²) in [5, 5.41) is 2.50. The summed E-state index contributed by atoms with van der Waals surface area (Å²) in [4.78, 5) is 4.11. The lowest BCUT2D eigenvalue weighted by molar-refractivity contribution is -0.659. The molecule has 0 unspecified atom stereocenters. The molecule has 0 fully saturated rings. The van der Waals surface area contributed by atoms with E-state index in [0.717, 1.165) is 0 Å². The van der Waals surface area contributed by atoms with Gasteiger partial charge in [-0.05, 0) is 72.7 Å². The normalized spacial score (nSPS) is 11.1. The standard InChI is InChI=1S/C24H23N2/c1-16-11-17(2)18(3)23(12-16)24-14-21-6-5-20(13-22(21)15-26(24)4)19-7-9-25-10-8-19/h5-15H,1-4H3/q+1. The van der Waals surface area contributed by atoms with E-state index in [-0.39, 0.29) is 0 Å². The molecule has 4 rings (SSSR count). The molecule has 2 heterocycles. The van der Waals surface area contributed by atoms with Crippen molar-refractivity contribution in [2.75, 3.05) is 0 Å². The summed E-state index contributed by atoms with van der Waals surface area (Å²) in [6.07, 6.45) is 5.91. The third-order valence-electron chi connectivity index (χ3n) is 5.19. The van der Waals surface area contributed by atoms with E-state index in [2.05, 4.69) is 92.1 Å². The Kier molecular flexibility index (Phi) is 4.04. The molecule has 0 saturated carbocycles. The summed E-state index contributed by atoms with van der Waals surface area (Å²) in [6, 6.07) is 17.6. The molecule has 128 valence electrons. The Morgan fingerprint density at radius 3 is 2.31 bits per heavy atom. The summed E-state index contributed by atoms with van der Waals surface area (Å²) < 4.78 is 2.24. The second-order valence-corrected chi connectivity index (χ2v) is 7.10. The highest BCUT2D eigenvalue weighted by Crippen LogP contribution is 2.29. The minimum Gasteiger partial charge on any atom is -0.265 e. The average Bonchev–Trinajstić information content (AvgIpc) is 2.64. The molecule has 0 amide bonds. The maximum absolute atomic E-state index is 4.11. The van der Waals surface area contributed by atoms with Crippen molar-refractivity contribution in [3.8, 4) is 22.4 Å². The lowest BCUT2D eigenvalue weighted by atomic mass is 9.96. The van der Waals surface area contributed by atoms with Gasteiger partial charge in [-0.25, -0.2) is 4.57 Å². The number of nitrogens with zero attached hydrogens (tertiary/aromatic N) is 2. The van der Waals surface area contributed by atoms with Crippen LogP contribution in [0.1, 0.15) is 16.7 Å². The number of aryl methyl sites for hydroxylation is 3. The van der Waals surface area contributed by atoms with Gasteiger partial charge in [-0.1, -0.05) is 23.8 Å². The number of aromatic nitrogens is 2. The van der Waals surface area contributed by atoms with Gasteiger partial charge in [0.05, 0.1) is 0 Å². The lowest BCUT2D eigenvalue weighted by Gasteiger charge is -2.10. The zero-order valence-corrected chi connectivity index (χ0v) is 15.7. The van der Waals surface area contributed by atoms with Gasteiger partial charge in [0, 0.05) is 29.4 Å². The van der Waals surface area contributed by atoms with E-state index >= 15 is 0 Å². The van der Waals surface area contributed by atoms with Crippen molar-refractivity contribution in [3.63, 3.8) is 0 Å². The molecule has 2 aromatic carbocycles. The Morgan fingerprint density at radius 1 is 0.769 bits per heavy atom. The van der Waals surface area contributed by atoms with Gasteiger partial charge >= 0.3 is 0 Å². The molecule has 2 aromatic heterocycles. The predicted octanol–water partition coefficient (Wildman–Crippen LogP) is 5.32. The van der Waals surface area contributed by atoms with Crippen molar-refractivity contribution >= 4 is 10.8 Å². The van der Waals surface area contributed by atoms with Crippen LogP contribution in [0.4, 0.5) is 0 Å². The first kappa shape index (κ1) is 16.5. The van der Waals surface area contributed by atoms with Crippen LogP contribution in [0.2, 0.25) is 0 Å². The Labute approximate surface area is 154 Å². The number of pyridine rings is 2. The minimum absolute atomic E-state index is 1.19. The fourth-order valence-corrected chi connectivity index (χ4v) is 3.64. The Bertz CT molecular complexity index is 1110. The molecule has 26 heavy (non-hydrogen) atoms. The first-order chi connectivity index (χ1) is 12.5. The van der Waals surface area contributed by atoms with Gasteiger partial charge in [-0.3, -0.25) is 4.98 Å². The van der Waals surface area contributed by atoms with Crippen LogP contribution in [0.15, 0.2) is 67.1 Å². The van der Waals surface area contributed by atoms with E-state index in [9.17, 15) is 0 Å². The van der Waals surface area contributed by atoms with Crippen molar-refractivity contribution < 1.29 is 4.57 Å². The molecule has 0 N–H and O–H groups in total. The van der Waals surface area contributed by atoms with E-state index < -0.39 is 0 Å². The molecule has 0 radical (unpaired) electrons. The number of hydrogen-bond acceptors (Lipinski definition) is 1. The van der Waals surface area contributed by atoms with Crippen LogP contribution >= 0.6 is 0 Å². The van der Waals surface area contributed by atoms with E-state index in [1.807, 2.05) is 12.4 Å². The van der Waals surface area contributed by atoms with Crippen molar-refractivity contribution in [1.82, 2.24) is 4.98 Å². The molecule has 0 aliphatic carbocycles. The molecule has 2 heteroatoms. The van der Waals surface area contributed by atoms with Crippen LogP contribution in [-0.4, -0.2) is 4.98 Å². The van der Waals surface area contributed by atoms with Crippen molar-refractivity contribution in [2.24, 2.45) is 7.05 Å². The maximum atomic E-state index is 4.11. The monoisotopic (exact) mass is 339 g/mol. The van der Waals surface area contributed by atoms with Crippen LogP contribution in [0, 0.1) is 20.8 Å². The molecule has 0 bridgehead atoms. The Morgan fingerprint density at radius 2 is 1.54 bits per heavy atom. The van der Waals surface area contributed by atoms with E-state index in [1.165, 1.54) is 49.8 Å². The highest BCUT2D eigenvalue weighted by Gasteiger charge is 2.16. The van der Waals surface area contributed by atoms with Crippen LogP contribution in [0.5, 0.6) is 0 Å². The molecule has 4 aromatic rings. The summed E-state index contributed by atoms with van der Waals surface area (Å²) in [6.45, 7) is 6.56. The first-order valence-electron chi connectivity index (χ1n) is 8.95. The summed E-state index contributed by atoms with van der Waals surface area (Å²) in [5.74, 6) is 0. The highest BCUT2D eigenvalue weighted by atomic mass is 14.9. The lowest BCUT2D eigenvalue weighted by Crippen LogP contribution is -2.30. The van der Waals surface area contributed by atoms with Crippen molar-refractivity contribution in [3.05, 3.63) is 83.8 Å². The van der Waals surface area contributed by atoms with Gasteiger partial charge in [0.1, 0.15) is 7.05 Å². The second kappa shape index (κ2) is 6.38. The Balaban J connectivity index is 1.88. The van der Waals surface area contributed by atoms with E-state index in [4.69, 9.17) is 0 Å². The third-order valence-corrected chi connectivity index (χ3v) is 5.19. The van der Waals surface area contributed by atoms with Crippen LogP contribution < -0.4 is 4.57 Å². The molecule has 2 nitrogen and oxygen atoms in total. The highest BCUT2D eigenvalue weighted by molar-refractivity contribution is 5.88. The molecular weight excluding hydrogens is 316 g/mol. The van der Waals surface area contributed by atoms with Gasteiger partial charge in [-0.2, -0.15) is 0 Å². The number of benzene rings is 2. The number of fused-ring (bicyclic) bond motifs is 1.